The van der Waals surface area contributed by atoms with Crippen LogP contribution < -0.4 is 0 Å². The first-order valence-corrected chi connectivity index (χ1v) is 16.9. The van der Waals surface area contributed by atoms with Gasteiger partial charge in [-0.1, -0.05) is 164 Å². The average Bonchev–Trinajstić information content (AvgIpc) is 3.21. The molecule has 0 unspecified atom stereocenters. The first-order valence-electron chi connectivity index (χ1n) is 16.9. The Bertz CT molecular complexity index is 2650. The van der Waals surface area contributed by atoms with Crippen LogP contribution in [0.25, 0.3) is 89.1 Å². The molecule has 3 nitrogen and oxygen atoms in total. The molecule has 1 heterocycles. The van der Waals surface area contributed by atoms with Gasteiger partial charge in [0.15, 0.2) is 17.5 Å². The highest BCUT2D eigenvalue weighted by atomic mass is 15.0. The molecule has 9 aromatic rings. The van der Waals surface area contributed by atoms with Crippen LogP contribution in [0.5, 0.6) is 0 Å². The second-order valence-electron chi connectivity index (χ2n) is 12.5. The van der Waals surface area contributed by atoms with Gasteiger partial charge in [-0.25, -0.2) is 15.0 Å². The summed E-state index contributed by atoms with van der Waals surface area (Å²) >= 11 is 0. The molecule has 0 amide bonds. The fourth-order valence-electron chi connectivity index (χ4n) is 6.70. The van der Waals surface area contributed by atoms with Crippen molar-refractivity contribution in [3.05, 3.63) is 188 Å². The zero-order valence-electron chi connectivity index (χ0n) is 27.2. The van der Waals surface area contributed by atoms with Crippen LogP contribution in [0.15, 0.2) is 188 Å². The molecule has 0 N–H and O–H groups in total. The zero-order chi connectivity index (χ0) is 33.3. The summed E-state index contributed by atoms with van der Waals surface area (Å²) in [4.78, 5) is 15.1. The summed E-state index contributed by atoms with van der Waals surface area (Å²) in [5, 5.41) is 4.92. The maximum atomic E-state index is 5.11. The molecular formula is C47H31N3. The standard InChI is InChI=1S/C47H31N3/c1-3-13-33(14-4-1)43-20-9-10-21-44(43)47-49-45(34-15-5-2-6-16-34)48-46(50-47)42-19-11-18-36(31-42)37-24-25-41-30-40(27-26-39(41)29-37)38-23-22-32-12-7-8-17-35(32)28-38/h1-31H. The highest BCUT2D eigenvalue weighted by Crippen LogP contribution is 2.34. The molecule has 0 saturated carbocycles. The van der Waals surface area contributed by atoms with Crippen LogP contribution in [0.1, 0.15) is 0 Å². The van der Waals surface area contributed by atoms with Gasteiger partial charge in [0.25, 0.3) is 0 Å². The van der Waals surface area contributed by atoms with E-state index in [1.165, 1.54) is 32.7 Å². The quantitative estimate of drug-likeness (QED) is 0.182. The first-order chi connectivity index (χ1) is 24.7. The summed E-state index contributed by atoms with van der Waals surface area (Å²) in [6.45, 7) is 0. The SMILES string of the molecule is c1ccc(-c2nc(-c3cccc(-c4ccc5cc(-c6ccc7ccccc7c6)ccc5c4)c3)nc(-c3ccccc3-c3ccccc3)n2)cc1. The molecule has 0 bridgehead atoms. The zero-order valence-corrected chi connectivity index (χ0v) is 27.2. The molecule has 0 aliphatic carbocycles. The summed E-state index contributed by atoms with van der Waals surface area (Å²) in [6.07, 6.45) is 0. The Hall–Kier alpha value is -6.71. The molecule has 1 aromatic heterocycles. The average molecular weight is 638 g/mol. The van der Waals surface area contributed by atoms with Crippen LogP contribution in [0, 0.1) is 0 Å². The third-order valence-electron chi connectivity index (χ3n) is 9.30. The van der Waals surface area contributed by atoms with Gasteiger partial charge in [0.2, 0.25) is 0 Å². The number of benzene rings is 8. The number of aromatic nitrogens is 3. The van der Waals surface area contributed by atoms with Gasteiger partial charge in [-0.15, -0.1) is 0 Å². The van der Waals surface area contributed by atoms with Gasteiger partial charge in [0.05, 0.1) is 0 Å². The van der Waals surface area contributed by atoms with Gasteiger partial charge >= 0.3 is 0 Å². The number of rotatable bonds is 6. The fourth-order valence-corrected chi connectivity index (χ4v) is 6.70. The molecule has 50 heavy (non-hydrogen) atoms. The second kappa shape index (κ2) is 12.7. The van der Waals surface area contributed by atoms with E-state index in [1.807, 2.05) is 42.5 Å². The Kier molecular flexibility index (Phi) is 7.49. The third-order valence-corrected chi connectivity index (χ3v) is 9.30. The summed E-state index contributed by atoms with van der Waals surface area (Å²) < 4.78 is 0. The van der Waals surface area contributed by atoms with Crippen LogP contribution >= 0.6 is 0 Å². The molecule has 0 saturated heterocycles. The summed E-state index contributed by atoms with van der Waals surface area (Å²) in [5.41, 5.74) is 9.74. The predicted octanol–water partition coefficient (Wildman–Crippen LogP) is 12.2. The van der Waals surface area contributed by atoms with Gasteiger partial charge < -0.3 is 0 Å². The van der Waals surface area contributed by atoms with Crippen LogP contribution in [-0.2, 0) is 0 Å². The van der Waals surface area contributed by atoms with E-state index in [0.29, 0.717) is 17.5 Å². The summed E-state index contributed by atoms with van der Waals surface area (Å²) in [7, 11) is 0. The van der Waals surface area contributed by atoms with Crippen LogP contribution in [0.3, 0.4) is 0 Å². The number of hydrogen-bond donors (Lipinski definition) is 0. The molecule has 234 valence electrons. The van der Waals surface area contributed by atoms with Gasteiger partial charge in [-0.05, 0) is 79.2 Å². The van der Waals surface area contributed by atoms with E-state index in [2.05, 4.69) is 146 Å². The van der Waals surface area contributed by atoms with Gasteiger partial charge in [0, 0.05) is 16.7 Å². The summed E-state index contributed by atoms with van der Waals surface area (Å²) in [5.74, 6) is 1.93. The molecule has 9 rings (SSSR count). The van der Waals surface area contributed by atoms with Crippen molar-refractivity contribution in [2.75, 3.05) is 0 Å². The Labute approximate surface area is 291 Å². The second-order valence-corrected chi connectivity index (χ2v) is 12.5. The highest BCUT2D eigenvalue weighted by Gasteiger charge is 2.16. The molecule has 0 spiro atoms. The lowest BCUT2D eigenvalue weighted by molar-refractivity contribution is 1.07. The Balaban J connectivity index is 1.11. The molecular weight excluding hydrogens is 607 g/mol. The number of hydrogen-bond acceptors (Lipinski definition) is 3. The molecule has 0 aliphatic heterocycles. The first kappa shape index (κ1) is 29.4. The Morgan fingerprint density at radius 2 is 0.640 bits per heavy atom. The van der Waals surface area contributed by atoms with E-state index in [1.54, 1.807) is 0 Å². The molecule has 0 aliphatic rings. The van der Waals surface area contributed by atoms with Crippen molar-refractivity contribution in [1.29, 1.82) is 0 Å². The molecule has 0 radical (unpaired) electrons. The van der Waals surface area contributed by atoms with E-state index >= 15 is 0 Å². The monoisotopic (exact) mass is 637 g/mol. The number of nitrogens with zero attached hydrogens (tertiary/aromatic N) is 3. The molecule has 3 heteroatoms. The summed E-state index contributed by atoms with van der Waals surface area (Å²) in [6, 6.07) is 65.9. The van der Waals surface area contributed by atoms with Gasteiger partial charge in [-0.2, -0.15) is 0 Å². The lowest BCUT2D eigenvalue weighted by Crippen LogP contribution is -2.01. The van der Waals surface area contributed by atoms with E-state index in [9.17, 15) is 0 Å². The number of fused-ring (bicyclic) bond motifs is 2. The van der Waals surface area contributed by atoms with Crippen molar-refractivity contribution >= 4 is 21.5 Å². The third kappa shape index (κ3) is 5.72. The highest BCUT2D eigenvalue weighted by molar-refractivity contribution is 5.93. The normalized spacial score (nSPS) is 11.2. The maximum absolute atomic E-state index is 5.11. The Morgan fingerprint density at radius 1 is 0.220 bits per heavy atom. The predicted molar refractivity (Wildman–Crippen MR) is 207 cm³/mol. The largest absolute Gasteiger partial charge is 0.208 e. The van der Waals surface area contributed by atoms with E-state index < -0.39 is 0 Å². The van der Waals surface area contributed by atoms with Crippen molar-refractivity contribution in [3.8, 4) is 67.5 Å². The lowest BCUT2D eigenvalue weighted by Gasteiger charge is -2.12. The minimum atomic E-state index is 0.638. The van der Waals surface area contributed by atoms with E-state index in [-0.39, 0.29) is 0 Å². The smallest absolute Gasteiger partial charge is 0.164 e. The minimum absolute atomic E-state index is 0.638. The van der Waals surface area contributed by atoms with Crippen molar-refractivity contribution in [2.45, 2.75) is 0 Å². The topological polar surface area (TPSA) is 38.7 Å². The van der Waals surface area contributed by atoms with Crippen LogP contribution in [-0.4, -0.2) is 15.0 Å². The van der Waals surface area contributed by atoms with Crippen molar-refractivity contribution < 1.29 is 0 Å². The van der Waals surface area contributed by atoms with Crippen LogP contribution in [0.2, 0.25) is 0 Å². The van der Waals surface area contributed by atoms with Gasteiger partial charge in [0.1, 0.15) is 0 Å². The molecule has 0 atom stereocenters. The Morgan fingerprint density at radius 3 is 1.30 bits per heavy atom. The minimum Gasteiger partial charge on any atom is -0.208 e. The molecule has 8 aromatic carbocycles. The van der Waals surface area contributed by atoms with Crippen molar-refractivity contribution in [2.24, 2.45) is 0 Å². The van der Waals surface area contributed by atoms with Gasteiger partial charge in [-0.3, -0.25) is 0 Å². The fraction of sp³-hybridized carbons (Fsp3) is 0. The maximum Gasteiger partial charge on any atom is 0.164 e. The molecule has 0 fully saturated rings. The van der Waals surface area contributed by atoms with Crippen LogP contribution in [0.4, 0.5) is 0 Å². The van der Waals surface area contributed by atoms with Crippen molar-refractivity contribution in [1.82, 2.24) is 15.0 Å². The van der Waals surface area contributed by atoms with E-state index in [4.69, 9.17) is 15.0 Å². The van der Waals surface area contributed by atoms with Crippen molar-refractivity contribution in [3.63, 3.8) is 0 Å². The van der Waals surface area contributed by atoms with E-state index in [0.717, 1.165) is 38.9 Å². The lowest BCUT2D eigenvalue weighted by atomic mass is 9.96.